The van der Waals surface area contributed by atoms with Gasteiger partial charge in [0, 0.05) is 0 Å². The second-order valence-corrected chi connectivity index (χ2v) is 6.70. The predicted octanol–water partition coefficient (Wildman–Crippen LogP) is 3.48. The van der Waals surface area contributed by atoms with Crippen LogP contribution in [0.1, 0.15) is 43.9 Å². The van der Waals surface area contributed by atoms with Crippen LogP contribution in [-0.4, -0.2) is 30.4 Å². The predicted molar refractivity (Wildman–Crippen MR) is 83.5 cm³/mol. The van der Waals surface area contributed by atoms with E-state index in [1.54, 1.807) is 0 Å². The Balaban J connectivity index is 1.73. The van der Waals surface area contributed by atoms with E-state index in [1.165, 1.54) is 16.7 Å². The lowest BCUT2D eigenvalue weighted by atomic mass is 10.0. The second-order valence-electron chi connectivity index (χ2n) is 6.70. The van der Waals surface area contributed by atoms with Gasteiger partial charge in [-0.3, -0.25) is 0 Å². The molecule has 0 radical (unpaired) electrons. The quantitative estimate of drug-likeness (QED) is 0.853. The van der Waals surface area contributed by atoms with Crippen molar-refractivity contribution in [2.75, 3.05) is 0 Å². The van der Waals surface area contributed by atoms with Crippen molar-refractivity contribution in [2.45, 2.75) is 78.0 Å². The molecule has 2 aliphatic heterocycles. The molecule has 0 spiro atoms. The standard InChI is InChI=1S/C18H26O4/c1-6-14-15(16-17(20-14)22-18(4,5)21-16)19-10-13-11(2)8-7-9-12(13)3/h7-9,14-17H,6,10H2,1-5H3/t14-,15+,16-,17-/m1/s1. The fourth-order valence-electron chi connectivity index (χ4n) is 3.33. The van der Waals surface area contributed by atoms with E-state index >= 15 is 0 Å². The summed E-state index contributed by atoms with van der Waals surface area (Å²) in [7, 11) is 0. The highest BCUT2D eigenvalue weighted by atomic mass is 16.8. The second kappa shape index (κ2) is 5.93. The highest BCUT2D eigenvalue weighted by Crippen LogP contribution is 2.39. The van der Waals surface area contributed by atoms with Crippen LogP contribution in [0.4, 0.5) is 0 Å². The van der Waals surface area contributed by atoms with Crippen molar-refractivity contribution in [3.8, 4) is 0 Å². The van der Waals surface area contributed by atoms with Crippen LogP contribution in [0.15, 0.2) is 18.2 Å². The van der Waals surface area contributed by atoms with E-state index in [0.717, 1.165) is 6.42 Å². The summed E-state index contributed by atoms with van der Waals surface area (Å²) in [5.41, 5.74) is 3.76. The van der Waals surface area contributed by atoms with Crippen LogP contribution < -0.4 is 0 Å². The van der Waals surface area contributed by atoms with Crippen molar-refractivity contribution >= 4 is 0 Å². The Hall–Kier alpha value is -0.940. The van der Waals surface area contributed by atoms with Crippen LogP contribution in [0.2, 0.25) is 0 Å². The molecule has 22 heavy (non-hydrogen) atoms. The largest absolute Gasteiger partial charge is 0.368 e. The first kappa shape index (κ1) is 15.9. The highest BCUT2D eigenvalue weighted by molar-refractivity contribution is 5.32. The number of fused-ring (bicyclic) bond motifs is 1. The highest BCUT2D eigenvalue weighted by Gasteiger charge is 2.54. The Morgan fingerprint density at radius 2 is 1.82 bits per heavy atom. The van der Waals surface area contributed by atoms with E-state index in [-0.39, 0.29) is 24.6 Å². The maximum Gasteiger partial charge on any atom is 0.190 e. The molecule has 0 amide bonds. The van der Waals surface area contributed by atoms with Crippen LogP contribution in [0.25, 0.3) is 0 Å². The summed E-state index contributed by atoms with van der Waals surface area (Å²) >= 11 is 0. The molecule has 0 N–H and O–H groups in total. The summed E-state index contributed by atoms with van der Waals surface area (Å²) in [6.07, 6.45) is 0.357. The monoisotopic (exact) mass is 306 g/mol. The summed E-state index contributed by atoms with van der Waals surface area (Å²) in [6.45, 7) is 10.8. The lowest BCUT2D eigenvalue weighted by Crippen LogP contribution is -2.36. The minimum absolute atomic E-state index is 0.0235. The molecule has 4 nitrogen and oxygen atoms in total. The number of hydrogen-bond donors (Lipinski definition) is 0. The van der Waals surface area contributed by atoms with Gasteiger partial charge in [-0.25, -0.2) is 0 Å². The molecule has 2 fully saturated rings. The van der Waals surface area contributed by atoms with E-state index in [9.17, 15) is 0 Å². The zero-order chi connectivity index (χ0) is 15.9. The molecule has 1 aromatic carbocycles. The van der Waals surface area contributed by atoms with Gasteiger partial charge in [-0.15, -0.1) is 0 Å². The third-order valence-corrected chi connectivity index (χ3v) is 4.55. The molecular formula is C18H26O4. The summed E-state index contributed by atoms with van der Waals surface area (Å²) < 4.78 is 24.0. The number of ether oxygens (including phenoxy) is 4. The van der Waals surface area contributed by atoms with Crippen molar-refractivity contribution < 1.29 is 18.9 Å². The molecular weight excluding hydrogens is 280 g/mol. The van der Waals surface area contributed by atoms with Crippen molar-refractivity contribution in [1.29, 1.82) is 0 Å². The first-order valence-electron chi connectivity index (χ1n) is 8.09. The van der Waals surface area contributed by atoms with Crippen molar-refractivity contribution in [2.24, 2.45) is 0 Å². The number of rotatable bonds is 4. The molecule has 0 aromatic heterocycles. The maximum atomic E-state index is 6.23. The van der Waals surface area contributed by atoms with Crippen molar-refractivity contribution in [3.63, 3.8) is 0 Å². The summed E-state index contributed by atoms with van der Waals surface area (Å²) in [5.74, 6) is -0.603. The van der Waals surface area contributed by atoms with Crippen LogP contribution in [0.3, 0.4) is 0 Å². The molecule has 0 saturated carbocycles. The fourth-order valence-corrected chi connectivity index (χ4v) is 3.33. The van der Waals surface area contributed by atoms with Gasteiger partial charge in [0.05, 0.1) is 12.7 Å². The van der Waals surface area contributed by atoms with Gasteiger partial charge in [0.2, 0.25) is 0 Å². The zero-order valence-corrected chi connectivity index (χ0v) is 14.1. The van der Waals surface area contributed by atoms with Crippen molar-refractivity contribution in [1.82, 2.24) is 0 Å². The zero-order valence-electron chi connectivity index (χ0n) is 14.1. The molecule has 4 heteroatoms. The smallest absolute Gasteiger partial charge is 0.190 e. The topological polar surface area (TPSA) is 36.9 Å². The van der Waals surface area contributed by atoms with E-state index in [4.69, 9.17) is 18.9 Å². The van der Waals surface area contributed by atoms with Gasteiger partial charge in [-0.1, -0.05) is 25.1 Å². The Kier molecular flexibility index (Phi) is 4.29. The first-order chi connectivity index (χ1) is 10.4. The first-order valence-corrected chi connectivity index (χ1v) is 8.09. The van der Waals surface area contributed by atoms with E-state index < -0.39 is 5.79 Å². The lowest BCUT2D eigenvalue weighted by molar-refractivity contribution is -0.219. The van der Waals surface area contributed by atoms with E-state index in [2.05, 4.69) is 39.0 Å². The third kappa shape index (κ3) is 2.93. The molecule has 3 rings (SSSR count). The fraction of sp³-hybridized carbons (Fsp3) is 0.667. The van der Waals surface area contributed by atoms with Gasteiger partial charge in [0.15, 0.2) is 12.1 Å². The Morgan fingerprint density at radius 1 is 1.14 bits per heavy atom. The van der Waals surface area contributed by atoms with Crippen LogP contribution in [0.5, 0.6) is 0 Å². The minimum Gasteiger partial charge on any atom is -0.368 e. The Morgan fingerprint density at radius 3 is 2.45 bits per heavy atom. The molecule has 2 saturated heterocycles. The molecule has 2 heterocycles. The molecule has 4 atom stereocenters. The minimum atomic E-state index is -0.603. The van der Waals surface area contributed by atoms with Gasteiger partial charge in [-0.2, -0.15) is 0 Å². The summed E-state index contributed by atoms with van der Waals surface area (Å²) in [4.78, 5) is 0. The molecule has 0 unspecified atom stereocenters. The van der Waals surface area contributed by atoms with E-state index in [1.807, 2.05) is 13.8 Å². The van der Waals surface area contributed by atoms with Gasteiger partial charge in [0.25, 0.3) is 0 Å². The van der Waals surface area contributed by atoms with Crippen LogP contribution in [-0.2, 0) is 25.6 Å². The molecule has 2 aliphatic rings. The Bertz CT molecular complexity index is 520. The molecule has 122 valence electrons. The number of hydrogen-bond acceptors (Lipinski definition) is 4. The van der Waals surface area contributed by atoms with E-state index in [0.29, 0.717) is 6.61 Å². The van der Waals surface area contributed by atoms with Crippen LogP contribution in [0, 0.1) is 13.8 Å². The number of benzene rings is 1. The van der Waals surface area contributed by atoms with Crippen molar-refractivity contribution in [3.05, 3.63) is 34.9 Å². The Labute approximate surface area is 132 Å². The van der Waals surface area contributed by atoms with Gasteiger partial charge >= 0.3 is 0 Å². The van der Waals surface area contributed by atoms with Crippen LogP contribution >= 0.6 is 0 Å². The SMILES string of the molecule is CC[C@H]1O[C@@H]2OC(C)(C)O[C@@H]2[C@H]1OCc1c(C)cccc1C. The molecule has 1 aromatic rings. The summed E-state index contributed by atoms with van der Waals surface area (Å²) in [5, 5.41) is 0. The number of aryl methyl sites for hydroxylation is 2. The lowest BCUT2D eigenvalue weighted by Gasteiger charge is -2.25. The normalized spacial score (nSPS) is 33.1. The third-order valence-electron chi connectivity index (χ3n) is 4.55. The molecule has 0 aliphatic carbocycles. The average molecular weight is 306 g/mol. The molecule has 0 bridgehead atoms. The maximum absolute atomic E-state index is 6.23. The van der Waals surface area contributed by atoms with Gasteiger partial charge < -0.3 is 18.9 Å². The summed E-state index contributed by atoms with van der Waals surface area (Å²) in [6, 6.07) is 6.32. The average Bonchev–Trinajstić information content (AvgIpc) is 2.90. The van der Waals surface area contributed by atoms with Gasteiger partial charge in [-0.05, 0) is 50.8 Å². The van der Waals surface area contributed by atoms with Gasteiger partial charge in [0.1, 0.15) is 12.2 Å².